The number of nitrogens with zero attached hydrogens (tertiary/aromatic N) is 1. The molecule has 0 bridgehead atoms. The molecule has 24 heavy (non-hydrogen) atoms. The van der Waals surface area contributed by atoms with Crippen molar-refractivity contribution in [2.75, 3.05) is 5.32 Å². The third-order valence-corrected chi connectivity index (χ3v) is 4.45. The monoisotopic (exact) mass is 349 g/mol. The van der Waals surface area contributed by atoms with Gasteiger partial charge in [-0.3, -0.25) is 9.59 Å². The molecule has 1 aliphatic carbocycles. The number of benzene rings is 1. The molecule has 0 spiro atoms. The van der Waals surface area contributed by atoms with Crippen LogP contribution in [0.15, 0.2) is 23.3 Å². The quantitative estimate of drug-likeness (QED) is 0.621. The first-order valence-corrected chi connectivity index (χ1v) is 8.72. The molecule has 0 atom stereocenters. The summed E-state index contributed by atoms with van der Waals surface area (Å²) >= 11 is 5.90. The molecule has 2 amide bonds. The third-order valence-electron chi connectivity index (χ3n) is 4.21. The molecule has 1 aliphatic rings. The van der Waals surface area contributed by atoms with Gasteiger partial charge in [-0.2, -0.15) is 5.10 Å². The molecule has 2 rings (SSSR count). The van der Waals surface area contributed by atoms with Crippen molar-refractivity contribution in [2.24, 2.45) is 11.0 Å². The largest absolute Gasteiger partial charge is 0.326 e. The molecule has 5 nitrogen and oxygen atoms in total. The van der Waals surface area contributed by atoms with Gasteiger partial charge in [-0.25, -0.2) is 5.43 Å². The van der Waals surface area contributed by atoms with Crippen molar-refractivity contribution in [3.05, 3.63) is 28.8 Å². The molecule has 0 aliphatic heterocycles. The summed E-state index contributed by atoms with van der Waals surface area (Å²) in [5.41, 5.74) is 4.79. The number of aryl methyl sites for hydroxylation is 1. The highest BCUT2D eigenvalue weighted by atomic mass is 35.5. The summed E-state index contributed by atoms with van der Waals surface area (Å²) in [6.07, 6.45) is 5.39. The van der Waals surface area contributed by atoms with Gasteiger partial charge in [0, 0.05) is 22.3 Å². The third kappa shape index (κ3) is 5.64. The Hall–Kier alpha value is -1.88. The number of carbonyl (C=O) groups is 2. The summed E-state index contributed by atoms with van der Waals surface area (Å²) < 4.78 is 0. The SMILES string of the molecule is C/C(CC(=O)Nc1ccc(Cl)cc1C)=N\NC(=O)C1CCCCC1. The van der Waals surface area contributed by atoms with E-state index in [-0.39, 0.29) is 24.2 Å². The summed E-state index contributed by atoms with van der Waals surface area (Å²) in [6, 6.07) is 5.30. The molecule has 0 radical (unpaired) electrons. The molecule has 130 valence electrons. The number of hydrazone groups is 1. The van der Waals surface area contributed by atoms with E-state index in [0.717, 1.165) is 36.9 Å². The summed E-state index contributed by atoms with van der Waals surface area (Å²) in [5.74, 6) is -0.155. The second-order valence-electron chi connectivity index (χ2n) is 6.34. The average molecular weight is 350 g/mol. The Bertz CT molecular complexity index is 637. The number of hydrogen-bond donors (Lipinski definition) is 2. The van der Waals surface area contributed by atoms with Gasteiger partial charge in [-0.05, 0) is 50.5 Å². The number of anilines is 1. The van der Waals surface area contributed by atoms with Crippen molar-refractivity contribution in [1.29, 1.82) is 0 Å². The van der Waals surface area contributed by atoms with Crippen LogP contribution in [-0.4, -0.2) is 17.5 Å². The second-order valence-corrected chi connectivity index (χ2v) is 6.78. The number of carbonyl (C=O) groups excluding carboxylic acids is 2. The van der Waals surface area contributed by atoms with Crippen LogP contribution in [0.3, 0.4) is 0 Å². The predicted octanol–water partition coefficient (Wildman–Crippen LogP) is 4.05. The van der Waals surface area contributed by atoms with Crippen LogP contribution in [0, 0.1) is 12.8 Å². The smallest absolute Gasteiger partial charge is 0.243 e. The van der Waals surface area contributed by atoms with Gasteiger partial charge in [0.2, 0.25) is 11.8 Å². The van der Waals surface area contributed by atoms with E-state index in [9.17, 15) is 9.59 Å². The fourth-order valence-electron chi connectivity index (χ4n) is 2.84. The standard InChI is InChI=1S/C18H24ClN3O2/c1-12-10-15(19)8-9-16(12)20-17(23)11-13(2)21-22-18(24)14-6-4-3-5-7-14/h8-10,14H,3-7,11H2,1-2H3,(H,20,23)(H,22,24)/b21-13+. The number of nitrogens with one attached hydrogen (secondary N) is 2. The highest BCUT2D eigenvalue weighted by molar-refractivity contribution is 6.30. The van der Waals surface area contributed by atoms with Crippen LogP contribution < -0.4 is 10.7 Å². The molecule has 1 saturated carbocycles. The molecule has 0 aromatic heterocycles. The molecule has 2 N–H and O–H groups in total. The van der Waals surface area contributed by atoms with Crippen LogP contribution in [0.5, 0.6) is 0 Å². The van der Waals surface area contributed by atoms with Crippen molar-refractivity contribution >= 4 is 34.8 Å². The maximum absolute atomic E-state index is 12.1. The van der Waals surface area contributed by atoms with Crippen LogP contribution in [0.1, 0.15) is 51.0 Å². The minimum absolute atomic E-state index is 0.0389. The molecule has 0 unspecified atom stereocenters. The highest BCUT2D eigenvalue weighted by Crippen LogP contribution is 2.23. The van der Waals surface area contributed by atoms with E-state index in [4.69, 9.17) is 11.6 Å². The van der Waals surface area contributed by atoms with Crippen LogP contribution in [-0.2, 0) is 9.59 Å². The van der Waals surface area contributed by atoms with E-state index in [1.54, 1.807) is 25.1 Å². The lowest BCUT2D eigenvalue weighted by molar-refractivity contribution is -0.126. The lowest BCUT2D eigenvalue weighted by Gasteiger charge is -2.19. The zero-order valence-corrected chi connectivity index (χ0v) is 14.9. The van der Waals surface area contributed by atoms with Gasteiger partial charge in [-0.15, -0.1) is 0 Å². The summed E-state index contributed by atoms with van der Waals surface area (Å²) in [5, 5.41) is 7.51. The van der Waals surface area contributed by atoms with Gasteiger partial charge >= 0.3 is 0 Å². The lowest BCUT2D eigenvalue weighted by Crippen LogP contribution is -2.29. The maximum Gasteiger partial charge on any atom is 0.243 e. The van der Waals surface area contributed by atoms with E-state index in [1.165, 1.54) is 6.42 Å². The number of halogens is 1. The first-order valence-electron chi connectivity index (χ1n) is 8.34. The zero-order valence-electron chi connectivity index (χ0n) is 14.2. The first kappa shape index (κ1) is 18.5. The van der Waals surface area contributed by atoms with E-state index in [0.29, 0.717) is 10.7 Å². The Balaban J connectivity index is 1.82. The van der Waals surface area contributed by atoms with Crippen molar-refractivity contribution in [3.63, 3.8) is 0 Å². The molecule has 1 aromatic carbocycles. The topological polar surface area (TPSA) is 70.6 Å². The predicted molar refractivity (Wildman–Crippen MR) is 97.3 cm³/mol. The summed E-state index contributed by atoms with van der Waals surface area (Å²) in [7, 11) is 0. The Morgan fingerprint density at radius 2 is 1.96 bits per heavy atom. The Kier molecular flexibility index (Phi) is 6.79. The van der Waals surface area contributed by atoms with Gasteiger partial charge in [0.25, 0.3) is 0 Å². The van der Waals surface area contributed by atoms with Gasteiger partial charge in [0.1, 0.15) is 0 Å². The Labute approximate surface area is 147 Å². The fraction of sp³-hybridized carbons (Fsp3) is 0.500. The molecular weight excluding hydrogens is 326 g/mol. The fourth-order valence-corrected chi connectivity index (χ4v) is 3.07. The number of rotatable bonds is 5. The molecule has 1 fully saturated rings. The Morgan fingerprint density at radius 1 is 1.25 bits per heavy atom. The van der Waals surface area contributed by atoms with Gasteiger partial charge in [0.15, 0.2) is 0 Å². The molecule has 6 heteroatoms. The van der Waals surface area contributed by atoms with Crippen LogP contribution in [0.25, 0.3) is 0 Å². The number of amides is 2. The summed E-state index contributed by atoms with van der Waals surface area (Å²) in [6.45, 7) is 3.61. The molecule has 0 heterocycles. The normalized spacial score (nSPS) is 15.9. The van der Waals surface area contributed by atoms with Gasteiger partial charge in [-0.1, -0.05) is 30.9 Å². The van der Waals surface area contributed by atoms with Gasteiger partial charge < -0.3 is 5.32 Å². The zero-order chi connectivity index (χ0) is 17.5. The lowest BCUT2D eigenvalue weighted by atomic mass is 9.89. The van der Waals surface area contributed by atoms with E-state index in [2.05, 4.69) is 15.8 Å². The minimum Gasteiger partial charge on any atom is -0.326 e. The molecule has 0 saturated heterocycles. The van der Waals surface area contributed by atoms with Crippen molar-refractivity contribution in [1.82, 2.24) is 5.43 Å². The first-order chi connectivity index (χ1) is 11.5. The molecular formula is C18H24ClN3O2. The molecule has 1 aromatic rings. The highest BCUT2D eigenvalue weighted by Gasteiger charge is 2.20. The van der Waals surface area contributed by atoms with Crippen molar-refractivity contribution < 1.29 is 9.59 Å². The summed E-state index contributed by atoms with van der Waals surface area (Å²) in [4.78, 5) is 24.1. The second kappa shape index (κ2) is 8.83. The Morgan fingerprint density at radius 3 is 2.62 bits per heavy atom. The maximum atomic E-state index is 12.1. The van der Waals surface area contributed by atoms with Crippen LogP contribution in [0.2, 0.25) is 5.02 Å². The van der Waals surface area contributed by atoms with E-state index >= 15 is 0 Å². The number of hydrogen-bond acceptors (Lipinski definition) is 3. The van der Waals surface area contributed by atoms with Crippen LogP contribution in [0.4, 0.5) is 5.69 Å². The van der Waals surface area contributed by atoms with Crippen molar-refractivity contribution in [2.45, 2.75) is 52.4 Å². The van der Waals surface area contributed by atoms with Gasteiger partial charge in [0.05, 0.1) is 6.42 Å². The van der Waals surface area contributed by atoms with Crippen molar-refractivity contribution in [3.8, 4) is 0 Å². The van der Waals surface area contributed by atoms with E-state index in [1.807, 2.05) is 6.92 Å². The average Bonchev–Trinajstić information content (AvgIpc) is 2.56. The van der Waals surface area contributed by atoms with E-state index < -0.39 is 0 Å². The minimum atomic E-state index is -0.173. The van der Waals surface area contributed by atoms with Crippen LogP contribution >= 0.6 is 11.6 Å².